The smallest absolute Gasteiger partial charge is 0.0726 e. The van der Waals surface area contributed by atoms with Gasteiger partial charge in [0.05, 0.1) is 5.41 Å². The maximum absolute atomic E-state index is 2.70. The van der Waals surface area contributed by atoms with Crippen molar-refractivity contribution in [2.75, 3.05) is 9.80 Å². The lowest BCUT2D eigenvalue weighted by Gasteiger charge is -2.45. The van der Waals surface area contributed by atoms with Crippen LogP contribution >= 0.6 is 0 Å². The Balaban J connectivity index is 0.892. The number of nitrogens with zero attached hydrogens (tertiary/aromatic N) is 2. The molecule has 0 N–H and O–H groups in total. The van der Waals surface area contributed by atoms with E-state index in [1.165, 1.54) is 171 Å². The third-order valence-corrected chi connectivity index (χ3v) is 20.9. The predicted molar refractivity (Wildman–Crippen MR) is 323 cm³/mol. The molecule has 77 heavy (non-hydrogen) atoms. The molecule has 11 aromatic rings. The molecule has 0 saturated heterocycles. The minimum atomic E-state index is -0.552. The van der Waals surface area contributed by atoms with E-state index < -0.39 is 5.41 Å². The van der Waals surface area contributed by atoms with Gasteiger partial charge in [0.25, 0.3) is 0 Å². The third kappa shape index (κ3) is 5.76. The molecular formula is C75H62N2. The number of anilines is 4. The van der Waals surface area contributed by atoms with Crippen LogP contribution in [-0.2, 0) is 5.41 Å². The Labute approximate surface area is 453 Å². The molecule has 6 aliphatic rings. The Bertz CT molecular complexity index is 4090. The zero-order valence-corrected chi connectivity index (χ0v) is 44.6. The molecule has 6 unspecified atom stereocenters. The number of fused-ring (bicyclic) bond motifs is 17. The first kappa shape index (κ1) is 44.2. The average Bonchev–Trinajstić information content (AvgIpc) is 3.38. The number of hydrogen-bond acceptors (Lipinski definition) is 2. The fraction of sp³-hybridized carbons (Fsp3) is 0.227. The van der Waals surface area contributed by atoms with E-state index in [4.69, 9.17) is 0 Å². The highest BCUT2D eigenvalue weighted by Gasteiger charge is 2.55. The topological polar surface area (TPSA) is 6.48 Å². The Morgan fingerprint density at radius 3 is 1.45 bits per heavy atom. The Morgan fingerprint density at radius 1 is 0.390 bits per heavy atom. The monoisotopic (exact) mass is 990 g/mol. The molecule has 4 aliphatic carbocycles. The number of rotatable bonds is 4. The van der Waals surface area contributed by atoms with E-state index >= 15 is 0 Å². The summed E-state index contributed by atoms with van der Waals surface area (Å²) in [5.74, 6) is 2.32. The summed E-state index contributed by atoms with van der Waals surface area (Å²) in [6, 6.07) is 80.9. The Kier molecular flexibility index (Phi) is 8.96. The third-order valence-electron chi connectivity index (χ3n) is 20.9. The SMILES string of the molecule is CC1CCC2(C)C(C1)c1cc(-c3ccc4c(c3)C3(c5cc(-c6ccc7c(c6)C6CC(C)CCC6(C)N7c6ccccc6)ccc5-4)c4ccccc4-c4c3cc3ccc5cccc6ccc4c3c56)ccc1N2c1ccccc1. The van der Waals surface area contributed by atoms with Crippen LogP contribution in [0.3, 0.4) is 0 Å². The molecule has 0 aromatic heterocycles. The molecule has 1 spiro atoms. The van der Waals surface area contributed by atoms with Gasteiger partial charge in [-0.05, 0) is 241 Å². The average molecular weight is 991 g/mol. The zero-order valence-electron chi connectivity index (χ0n) is 44.6. The second-order valence-corrected chi connectivity index (χ2v) is 24.9. The number of hydrogen-bond donors (Lipinski definition) is 0. The Morgan fingerprint density at radius 2 is 0.883 bits per heavy atom. The van der Waals surface area contributed by atoms with Gasteiger partial charge in [0.2, 0.25) is 0 Å². The molecule has 6 atom stereocenters. The van der Waals surface area contributed by atoms with Crippen LogP contribution in [0.15, 0.2) is 206 Å². The molecule has 0 amide bonds. The standard InChI is InChI=1S/C75H62N2/c1-45-34-36-73(3)63(38-45)60-40-49(27-32-68(60)76(73)54-16-7-5-8-17-54)51-25-29-56-57-30-26-52(50-28-33-69-61(41-50)64-39-46(2)35-37-74(64,4)77(69)55-18-9-6-10-19-55)43-66(57)75(65(56)42-51)62-21-12-11-20-58(62)72-59-31-24-48-15-13-14-47-22-23-53(44-67(72)75)71(59)70(47)48/h5-33,40-46,63-64H,34-39H2,1-4H3. The minimum absolute atomic E-state index is 0.0334. The van der Waals surface area contributed by atoms with Crippen molar-refractivity contribution < 1.29 is 0 Å². The molecule has 2 nitrogen and oxygen atoms in total. The van der Waals surface area contributed by atoms with Crippen LogP contribution in [0.2, 0.25) is 0 Å². The summed E-state index contributed by atoms with van der Waals surface area (Å²) in [7, 11) is 0. The van der Waals surface area contributed by atoms with E-state index in [9.17, 15) is 0 Å². The summed E-state index contributed by atoms with van der Waals surface area (Å²) in [5.41, 5.74) is 24.1. The van der Waals surface area contributed by atoms with Crippen LogP contribution in [0.5, 0.6) is 0 Å². The van der Waals surface area contributed by atoms with Crippen LogP contribution in [0.4, 0.5) is 22.7 Å². The summed E-state index contributed by atoms with van der Waals surface area (Å²) in [6.07, 6.45) is 7.34. The van der Waals surface area contributed by atoms with Crippen molar-refractivity contribution in [2.24, 2.45) is 11.8 Å². The lowest BCUT2D eigenvalue weighted by Crippen LogP contribution is -2.46. The van der Waals surface area contributed by atoms with Crippen LogP contribution in [-0.4, -0.2) is 11.1 Å². The zero-order chi connectivity index (χ0) is 51.1. The van der Waals surface area contributed by atoms with Crippen LogP contribution in [0.25, 0.3) is 76.8 Å². The van der Waals surface area contributed by atoms with Gasteiger partial charge in [-0.1, -0.05) is 153 Å². The molecule has 0 bridgehead atoms. The van der Waals surface area contributed by atoms with Crippen molar-refractivity contribution >= 4 is 55.1 Å². The van der Waals surface area contributed by atoms with Gasteiger partial charge in [-0.15, -0.1) is 0 Å². The first-order valence-electron chi connectivity index (χ1n) is 28.8. The summed E-state index contributed by atoms with van der Waals surface area (Å²) >= 11 is 0. The van der Waals surface area contributed by atoms with E-state index in [0.717, 1.165) is 0 Å². The molecule has 2 heteroatoms. The van der Waals surface area contributed by atoms with Crippen LogP contribution < -0.4 is 9.80 Å². The predicted octanol–water partition coefficient (Wildman–Crippen LogP) is 19.9. The molecule has 2 heterocycles. The van der Waals surface area contributed by atoms with Crippen molar-refractivity contribution in [3.63, 3.8) is 0 Å². The van der Waals surface area contributed by atoms with Crippen molar-refractivity contribution in [1.29, 1.82) is 0 Å². The highest BCUT2D eigenvalue weighted by molar-refractivity contribution is 6.27. The van der Waals surface area contributed by atoms with Gasteiger partial charge in [0.15, 0.2) is 0 Å². The normalized spacial score (nSPS) is 25.2. The van der Waals surface area contributed by atoms with Gasteiger partial charge < -0.3 is 9.80 Å². The lowest BCUT2D eigenvalue weighted by atomic mass is 9.68. The largest absolute Gasteiger partial charge is 0.335 e. The van der Waals surface area contributed by atoms with Crippen molar-refractivity contribution in [3.05, 3.63) is 240 Å². The van der Waals surface area contributed by atoms with Gasteiger partial charge in [-0.3, -0.25) is 0 Å². The van der Waals surface area contributed by atoms with E-state index in [1.54, 1.807) is 0 Å². The van der Waals surface area contributed by atoms with Crippen LogP contribution in [0.1, 0.15) is 111 Å². The van der Waals surface area contributed by atoms with Crippen molar-refractivity contribution in [2.45, 2.75) is 94.5 Å². The number of benzene rings is 11. The molecular weight excluding hydrogens is 929 g/mol. The molecule has 372 valence electrons. The van der Waals surface area contributed by atoms with Gasteiger partial charge in [0, 0.05) is 45.7 Å². The van der Waals surface area contributed by atoms with Crippen LogP contribution in [0, 0.1) is 11.8 Å². The van der Waals surface area contributed by atoms with E-state index in [-0.39, 0.29) is 11.1 Å². The Hall–Kier alpha value is -7.94. The highest BCUT2D eigenvalue weighted by Crippen LogP contribution is 2.66. The van der Waals surface area contributed by atoms with Gasteiger partial charge in [-0.2, -0.15) is 0 Å². The maximum Gasteiger partial charge on any atom is 0.0726 e. The molecule has 0 radical (unpaired) electrons. The first-order valence-corrected chi connectivity index (χ1v) is 28.8. The van der Waals surface area contributed by atoms with Crippen molar-refractivity contribution in [3.8, 4) is 44.5 Å². The summed E-state index contributed by atoms with van der Waals surface area (Å²) < 4.78 is 0. The second-order valence-electron chi connectivity index (χ2n) is 24.9. The van der Waals surface area contributed by atoms with Gasteiger partial charge in [-0.25, -0.2) is 0 Å². The molecule has 2 saturated carbocycles. The first-order chi connectivity index (χ1) is 37.7. The van der Waals surface area contributed by atoms with E-state index in [2.05, 4.69) is 244 Å². The molecule has 2 aliphatic heterocycles. The quantitative estimate of drug-likeness (QED) is 0.162. The minimum Gasteiger partial charge on any atom is -0.335 e. The van der Waals surface area contributed by atoms with Gasteiger partial charge in [0.1, 0.15) is 0 Å². The van der Waals surface area contributed by atoms with Gasteiger partial charge >= 0.3 is 0 Å². The fourth-order valence-corrected chi connectivity index (χ4v) is 17.3. The molecule has 17 rings (SSSR count). The molecule has 11 aromatic carbocycles. The van der Waals surface area contributed by atoms with Crippen molar-refractivity contribution in [1.82, 2.24) is 0 Å². The van der Waals surface area contributed by atoms with E-state index in [0.29, 0.717) is 23.7 Å². The maximum atomic E-state index is 2.70. The summed E-state index contributed by atoms with van der Waals surface area (Å²) in [5, 5.41) is 8.03. The lowest BCUT2D eigenvalue weighted by molar-refractivity contribution is 0.237. The van der Waals surface area contributed by atoms with E-state index in [1.807, 2.05) is 0 Å². The second kappa shape index (κ2) is 15.6. The summed E-state index contributed by atoms with van der Waals surface area (Å²) in [4.78, 5) is 5.40. The summed E-state index contributed by atoms with van der Waals surface area (Å²) in [6.45, 7) is 10.0. The highest BCUT2D eigenvalue weighted by atomic mass is 15.2. The fourth-order valence-electron chi connectivity index (χ4n) is 17.3. The number of para-hydroxylation sites is 2. The molecule has 2 fully saturated rings.